The van der Waals surface area contributed by atoms with Crippen LogP contribution < -0.4 is 4.74 Å². The second-order valence-electron chi connectivity index (χ2n) is 6.46. The summed E-state index contributed by atoms with van der Waals surface area (Å²) in [7, 11) is 2.15. The summed E-state index contributed by atoms with van der Waals surface area (Å²) in [5, 5.41) is 15.6. The van der Waals surface area contributed by atoms with Crippen molar-refractivity contribution < 1.29 is 28.9 Å². The van der Waals surface area contributed by atoms with Crippen molar-refractivity contribution in [3.63, 3.8) is 0 Å². The van der Waals surface area contributed by atoms with Crippen molar-refractivity contribution in [2.24, 2.45) is 5.92 Å². The molecule has 2 rings (SSSR count). The Bertz CT molecular complexity index is 620. The van der Waals surface area contributed by atoms with Gasteiger partial charge < -0.3 is 19.8 Å². The van der Waals surface area contributed by atoms with E-state index in [4.69, 9.17) is 14.9 Å². The lowest BCUT2D eigenvalue weighted by molar-refractivity contribution is -0.134. The molecule has 0 aromatic heterocycles. The number of rotatable bonds is 5. The molecule has 7 heteroatoms. The minimum absolute atomic E-state index is 0.185. The van der Waals surface area contributed by atoms with Crippen LogP contribution in [0.5, 0.6) is 5.75 Å². The summed E-state index contributed by atoms with van der Waals surface area (Å²) < 4.78 is 19.1. The highest BCUT2D eigenvalue weighted by atomic mass is 19.1. The predicted molar refractivity (Wildman–Crippen MR) is 96.0 cm³/mol. The molecule has 0 spiro atoms. The van der Waals surface area contributed by atoms with Crippen molar-refractivity contribution in [3.05, 3.63) is 41.2 Å². The molecule has 26 heavy (non-hydrogen) atoms. The number of hydrogen-bond donors (Lipinski definition) is 2. The van der Waals surface area contributed by atoms with Crippen molar-refractivity contribution >= 4 is 11.9 Å². The first kappa shape index (κ1) is 21.6. The monoisotopic (exact) mass is 367 g/mol. The first-order valence-corrected chi connectivity index (χ1v) is 8.41. The van der Waals surface area contributed by atoms with Crippen molar-refractivity contribution in [1.82, 2.24) is 4.90 Å². The summed E-state index contributed by atoms with van der Waals surface area (Å²) in [5.74, 6) is -1.26. The standard InChI is InChI=1S/C15H22FNO.C4H4O4/c1-11-7-14(16)8-12(2)15(11)18-10-13-5-4-6-17(3)9-13;5-3(6)1-2-4(7)8/h7-8,13H,4-6,9-10H2,1-3H3;1-2H,(H,5,6)(H,7,8)/b;2-1+. The Morgan fingerprint density at radius 2 is 1.77 bits per heavy atom. The molecule has 0 saturated carbocycles. The summed E-state index contributed by atoms with van der Waals surface area (Å²) in [6, 6.07) is 3.07. The smallest absolute Gasteiger partial charge is 0.328 e. The first-order chi connectivity index (χ1) is 12.2. The zero-order chi connectivity index (χ0) is 19.7. The fraction of sp³-hybridized carbons (Fsp3) is 0.474. The van der Waals surface area contributed by atoms with Crippen molar-refractivity contribution in [2.45, 2.75) is 26.7 Å². The normalized spacial score (nSPS) is 17.5. The summed E-state index contributed by atoms with van der Waals surface area (Å²) in [6.07, 6.45) is 3.58. The van der Waals surface area contributed by atoms with Crippen LogP contribution in [-0.4, -0.2) is 53.8 Å². The molecule has 1 aromatic carbocycles. The molecule has 0 amide bonds. The number of carbonyl (C=O) groups is 2. The third-order valence-corrected chi connectivity index (χ3v) is 3.98. The average Bonchev–Trinajstić information content (AvgIpc) is 2.52. The molecular weight excluding hydrogens is 341 g/mol. The summed E-state index contributed by atoms with van der Waals surface area (Å²) in [6.45, 7) is 6.82. The molecule has 1 heterocycles. The van der Waals surface area contributed by atoms with Gasteiger partial charge >= 0.3 is 11.9 Å². The van der Waals surface area contributed by atoms with Gasteiger partial charge in [-0.3, -0.25) is 0 Å². The lowest BCUT2D eigenvalue weighted by Crippen LogP contribution is -2.34. The van der Waals surface area contributed by atoms with E-state index in [0.717, 1.165) is 30.0 Å². The van der Waals surface area contributed by atoms with Crippen LogP contribution in [0.2, 0.25) is 0 Å². The van der Waals surface area contributed by atoms with Crippen LogP contribution >= 0.6 is 0 Å². The number of likely N-dealkylation sites (tertiary alicyclic amines) is 1. The summed E-state index contributed by atoms with van der Waals surface area (Å²) >= 11 is 0. The maximum absolute atomic E-state index is 13.2. The number of nitrogens with zero attached hydrogens (tertiary/aromatic N) is 1. The number of piperidine rings is 1. The molecular formula is C19H26FNO5. The molecule has 144 valence electrons. The van der Waals surface area contributed by atoms with Gasteiger partial charge in [-0.1, -0.05) is 0 Å². The number of carboxylic acids is 2. The minimum Gasteiger partial charge on any atom is -0.493 e. The van der Waals surface area contributed by atoms with Gasteiger partial charge in [0.1, 0.15) is 11.6 Å². The third-order valence-electron chi connectivity index (χ3n) is 3.98. The number of aryl methyl sites for hydroxylation is 2. The van der Waals surface area contributed by atoms with Gasteiger partial charge in [0.2, 0.25) is 0 Å². The Hall–Kier alpha value is -2.41. The fourth-order valence-corrected chi connectivity index (χ4v) is 2.88. The average molecular weight is 367 g/mol. The van der Waals surface area contributed by atoms with Crippen LogP contribution in [0.1, 0.15) is 24.0 Å². The van der Waals surface area contributed by atoms with Gasteiger partial charge in [-0.05, 0) is 63.5 Å². The predicted octanol–water partition coefficient (Wildman–Crippen LogP) is 2.87. The van der Waals surface area contributed by atoms with Gasteiger partial charge in [-0.15, -0.1) is 0 Å². The quantitative estimate of drug-likeness (QED) is 0.778. The van der Waals surface area contributed by atoms with E-state index in [9.17, 15) is 14.0 Å². The highest BCUT2D eigenvalue weighted by Crippen LogP contribution is 2.25. The SMILES string of the molecule is Cc1cc(F)cc(C)c1OCC1CCCN(C)C1.O=C(O)/C=C/C(=O)O. The van der Waals surface area contributed by atoms with E-state index >= 15 is 0 Å². The van der Waals surface area contributed by atoms with Gasteiger partial charge in [0.25, 0.3) is 0 Å². The zero-order valence-electron chi connectivity index (χ0n) is 15.4. The Balaban J connectivity index is 0.000000359. The molecule has 2 N–H and O–H groups in total. The molecule has 1 unspecified atom stereocenters. The molecule has 1 atom stereocenters. The second-order valence-corrected chi connectivity index (χ2v) is 6.46. The number of carboxylic acid groups (broad SMARTS) is 2. The molecule has 1 aliphatic heterocycles. The third kappa shape index (κ3) is 8.11. The van der Waals surface area contributed by atoms with E-state index < -0.39 is 11.9 Å². The van der Waals surface area contributed by atoms with Crippen LogP contribution in [0.4, 0.5) is 4.39 Å². The maximum atomic E-state index is 13.2. The van der Waals surface area contributed by atoms with Gasteiger partial charge in [0.15, 0.2) is 0 Å². The molecule has 1 fully saturated rings. The largest absolute Gasteiger partial charge is 0.493 e. The van der Waals surface area contributed by atoms with Crippen LogP contribution in [0.25, 0.3) is 0 Å². The van der Waals surface area contributed by atoms with E-state index in [1.54, 1.807) is 0 Å². The lowest BCUT2D eigenvalue weighted by atomic mass is 9.99. The fourth-order valence-electron chi connectivity index (χ4n) is 2.88. The van der Waals surface area contributed by atoms with Gasteiger partial charge in [-0.2, -0.15) is 0 Å². The lowest BCUT2D eigenvalue weighted by Gasteiger charge is -2.29. The highest BCUT2D eigenvalue weighted by molar-refractivity contribution is 5.89. The zero-order valence-corrected chi connectivity index (χ0v) is 15.4. The van der Waals surface area contributed by atoms with Crippen LogP contribution in [-0.2, 0) is 9.59 Å². The van der Waals surface area contributed by atoms with E-state index in [-0.39, 0.29) is 5.82 Å². The molecule has 1 aliphatic rings. The van der Waals surface area contributed by atoms with E-state index in [1.807, 2.05) is 13.8 Å². The Kier molecular flexibility index (Phi) is 8.78. The van der Waals surface area contributed by atoms with Crippen molar-refractivity contribution in [3.8, 4) is 5.75 Å². The van der Waals surface area contributed by atoms with E-state index in [1.165, 1.54) is 31.5 Å². The number of benzene rings is 1. The number of hydrogen-bond acceptors (Lipinski definition) is 4. The van der Waals surface area contributed by atoms with Crippen LogP contribution in [0.3, 0.4) is 0 Å². The number of aliphatic carboxylic acids is 2. The van der Waals surface area contributed by atoms with Crippen molar-refractivity contribution in [2.75, 3.05) is 26.7 Å². The Morgan fingerprint density at radius 1 is 1.23 bits per heavy atom. The summed E-state index contributed by atoms with van der Waals surface area (Å²) in [5.41, 5.74) is 1.77. The number of halogens is 1. The Labute approximate surface area is 152 Å². The van der Waals surface area contributed by atoms with Crippen molar-refractivity contribution in [1.29, 1.82) is 0 Å². The highest BCUT2D eigenvalue weighted by Gasteiger charge is 2.18. The number of ether oxygens (including phenoxy) is 1. The molecule has 0 bridgehead atoms. The Morgan fingerprint density at radius 3 is 2.23 bits per heavy atom. The first-order valence-electron chi connectivity index (χ1n) is 8.41. The molecule has 0 aliphatic carbocycles. The minimum atomic E-state index is -1.26. The van der Waals surface area contributed by atoms with E-state index in [0.29, 0.717) is 18.1 Å². The van der Waals surface area contributed by atoms with Crippen LogP contribution in [0.15, 0.2) is 24.3 Å². The van der Waals surface area contributed by atoms with Crippen LogP contribution in [0, 0.1) is 25.6 Å². The molecule has 1 saturated heterocycles. The topological polar surface area (TPSA) is 87.1 Å². The van der Waals surface area contributed by atoms with Gasteiger partial charge in [0.05, 0.1) is 6.61 Å². The van der Waals surface area contributed by atoms with Gasteiger partial charge in [0, 0.05) is 24.6 Å². The summed E-state index contributed by atoms with van der Waals surface area (Å²) in [4.78, 5) is 21.5. The molecule has 0 radical (unpaired) electrons. The maximum Gasteiger partial charge on any atom is 0.328 e. The van der Waals surface area contributed by atoms with Gasteiger partial charge in [-0.25, -0.2) is 14.0 Å². The second kappa shape index (κ2) is 10.6. The molecule has 1 aromatic rings. The molecule has 6 nitrogen and oxygen atoms in total. The van der Waals surface area contributed by atoms with E-state index in [2.05, 4.69) is 11.9 Å².